The number of aryl methyl sites for hydroxylation is 5. The van der Waals surface area contributed by atoms with Gasteiger partial charge in [0.05, 0.1) is 16.4 Å². The lowest BCUT2D eigenvalue weighted by Gasteiger charge is -2.06. The van der Waals surface area contributed by atoms with Crippen LogP contribution >= 0.6 is 11.6 Å². The van der Waals surface area contributed by atoms with Crippen LogP contribution in [-0.4, -0.2) is 86.6 Å². The van der Waals surface area contributed by atoms with Crippen molar-refractivity contribution in [2.45, 2.75) is 48.0 Å². The van der Waals surface area contributed by atoms with Crippen molar-refractivity contribution < 1.29 is 40.9 Å². The van der Waals surface area contributed by atoms with Crippen LogP contribution in [0.15, 0.2) is 170 Å². The second kappa shape index (κ2) is 26.7. The molecule has 0 bridgehead atoms. The van der Waals surface area contributed by atoms with Crippen LogP contribution in [-0.2, 0) is 6.42 Å². The van der Waals surface area contributed by atoms with E-state index in [-0.39, 0.29) is 51.0 Å². The predicted molar refractivity (Wildman–Crippen MR) is 312 cm³/mol. The average molecular weight is 1090 g/mol. The zero-order valence-electron chi connectivity index (χ0n) is 44.6. The van der Waals surface area contributed by atoms with Gasteiger partial charge in [-0.3, -0.25) is 25.4 Å². The molecule has 0 atom stereocenters. The smallest absolute Gasteiger partial charge is 0.137 e. The quantitative estimate of drug-likeness (QED) is 0.0631. The van der Waals surface area contributed by atoms with Crippen LogP contribution in [0.2, 0.25) is 5.02 Å². The molecule has 5 aromatic heterocycles. The first kappa shape index (κ1) is 57.4. The molecule has 0 amide bonds. The van der Waals surface area contributed by atoms with Gasteiger partial charge in [0.25, 0.3) is 0 Å². The molecule has 0 saturated carbocycles. The Hall–Kier alpha value is -10.3. The molecule has 0 aliphatic heterocycles. The number of allylic oxidation sites excluding steroid dienone is 2. The summed E-state index contributed by atoms with van der Waals surface area (Å²) in [7, 11) is 0. The minimum Gasteiger partial charge on any atom is -0.508 e. The van der Waals surface area contributed by atoms with Crippen LogP contribution in [0.25, 0.3) is 67.3 Å². The standard InChI is InChI=1S/2C16H14N2O2.C14H16N2O2.C10H9ClN2O2.C6H7N/c2*1-10-15(11-5-3-2-4-6-11)16(18-17-10)13-8-7-12(19)9-14(13)20;1-3-4-5-11-9(2)15-16-14(11)12-7-6-10(17)8-13(12)18;1-5-2-8(13-12-5)6-3-7(11)10(15)4-9(6)14;1-6-3-2-4-7-5-6/h2*2-9,19-20H,1H3,(H,17,18);3-4,6-8,17-18H,5H2,1-2H3,(H,15,16);2-4,14-15H,1H3,(H,12,13);2-5H,1H3/b;;4-3-;;. The van der Waals surface area contributed by atoms with E-state index in [0.29, 0.717) is 39.3 Å². The van der Waals surface area contributed by atoms with Crippen molar-refractivity contribution >= 4 is 11.6 Å². The Morgan fingerprint density at radius 1 is 0.450 bits per heavy atom. The second-order valence-corrected chi connectivity index (χ2v) is 18.6. The third-order valence-corrected chi connectivity index (χ3v) is 12.5. The van der Waals surface area contributed by atoms with E-state index < -0.39 is 0 Å². The van der Waals surface area contributed by atoms with E-state index in [1.807, 2.05) is 133 Å². The van der Waals surface area contributed by atoms with E-state index in [4.69, 9.17) is 11.6 Å². The normalized spacial score (nSPS) is 10.6. The Labute approximate surface area is 466 Å². The summed E-state index contributed by atoms with van der Waals surface area (Å²) < 4.78 is 0. The van der Waals surface area contributed by atoms with Gasteiger partial charge >= 0.3 is 0 Å². The van der Waals surface area contributed by atoms with Crippen molar-refractivity contribution in [3.8, 4) is 113 Å². The first-order chi connectivity index (χ1) is 38.4. The number of nitrogens with zero attached hydrogens (tertiary/aromatic N) is 5. The highest BCUT2D eigenvalue weighted by Crippen LogP contribution is 2.41. The van der Waals surface area contributed by atoms with Crippen LogP contribution in [0, 0.1) is 34.6 Å². The van der Waals surface area contributed by atoms with Gasteiger partial charge in [-0.25, -0.2) is 0 Å². The first-order valence-electron chi connectivity index (χ1n) is 25.0. The minimum absolute atomic E-state index is 0.00804. The number of aromatic nitrogens is 9. The van der Waals surface area contributed by atoms with Crippen LogP contribution in [0.3, 0.4) is 0 Å². The highest BCUT2D eigenvalue weighted by atomic mass is 35.5. The van der Waals surface area contributed by atoms with Crippen molar-refractivity contribution in [1.82, 2.24) is 45.8 Å². The lowest BCUT2D eigenvalue weighted by molar-refractivity contribution is 0.450. The van der Waals surface area contributed by atoms with Crippen molar-refractivity contribution in [3.63, 3.8) is 0 Å². The molecule has 11 rings (SSSR count). The fraction of sp³-hybridized carbons (Fsp3) is 0.113. The molecule has 0 aliphatic carbocycles. The highest BCUT2D eigenvalue weighted by molar-refractivity contribution is 6.32. The lowest BCUT2D eigenvalue weighted by Crippen LogP contribution is -1.88. The number of aromatic hydroxyl groups is 8. The first-order valence-corrected chi connectivity index (χ1v) is 25.3. The van der Waals surface area contributed by atoms with E-state index in [9.17, 15) is 40.9 Å². The largest absolute Gasteiger partial charge is 0.508 e. The Balaban J connectivity index is 0.000000149. The van der Waals surface area contributed by atoms with E-state index >= 15 is 0 Å². The van der Waals surface area contributed by atoms with Crippen LogP contribution in [0.1, 0.15) is 40.8 Å². The molecule has 5 heterocycles. The molecule has 17 nitrogen and oxygen atoms in total. The Morgan fingerprint density at radius 2 is 0.912 bits per heavy atom. The number of hydrogen-bond donors (Lipinski definition) is 12. The van der Waals surface area contributed by atoms with Gasteiger partial charge in [0, 0.05) is 98.4 Å². The van der Waals surface area contributed by atoms with Gasteiger partial charge in [-0.2, -0.15) is 20.4 Å². The number of nitrogens with one attached hydrogen (secondary N) is 4. The maximum Gasteiger partial charge on any atom is 0.137 e. The Morgan fingerprint density at radius 3 is 1.32 bits per heavy atom. The minimum atomic E-state index is -0.148. The molecule has 11 aromatic rings. The number of H-pyrrole nitrogens is 4. The summed E-state index contributed by atoms with van der Waals surface area (Å²) in [5.74, 6) is -0.0581. The van der Waals surface area contributed by atoms with E-state index in [1.165, 1.54) is 48.0 Å². The van der Waals surface area contributed by atoms with E-state index in [2.05, 4.69) is 45.8 Å². The lowest BCUT2D eigenvalue weighted by atomic mass is 9.99. The summed E-state index contributed by atoms with van der Waals surface area (Å²) in [6.07, 6.45) is 8.38. The molecule has 12 N–H and O–H groups in total. The monoisotopic (exact) mass is 1090 g/mol. The second-order valence-electron chi connectivity index (χ2n) is 18.2. The molecule has 0 unspecified atom stereocenters. The maximum absolute atomic E-state index is 10.0. The molecule has 0 aliphatic rings. The van der Waals surface area contributed by atoms with Crippen molar-refractivity contribution in [2.24, 2.45) is 0 Å². The molecule has 0 fully saturated rings. The van der Waals surface area contributed by atoms with Gasteiger partial charge in [0.1, 0.15) is 57.4 Å². The average Bonchev–Trinajstić information content (AvgIpc) is 4.27. The topological polar surface area (TPSA) is 289 Å². The van der Waals surface area contributed by atoms with Gasteiger partial charge in [-0.05, 0) is 119 Å². The molecule has 0 radical (unpaired) electrons. The molecule has 18 heteroatoms. The number of aromatic amines is 4. The van der Waals surface area contributed by atoms with Gasteiger partial charge < -0.3 is 40.9 Å². The predicted octanol–water partition coefficient (Wildman–Crippen LogP) is 13.7. The summed E-state index contributed by atoms with van der Waals surface area (Å²) >= 11 is 5.74. The zero-order chi connectivity index (χ0) is 57.5. The van der Waals surface area contributed by atoms with Crippen LogP contribution in [0.5, 0.6) is 46.0 Å². The molecule has 0 spiro atoms. The third kappa shape index (κ3) is 14.4. The van der Waals surface area contributed by atoms with Crippen molar-refractivity contribution in [3.05, 3.63) is 209 Å². The van der Waals surface area contributed by atoms with Gasteiger partial charge in [0.2, 0.25) is 0 Å². The van der Waals surface area contributed by atoms with Crippen LogP contribution < -0.4 is 0 Å². The molecule has 0 saturated heterocycles. The highest BCUT2D eigenvalue weighted by Gasteiger charge is 2.20. The summed E-state index contributed by atoms with van der Waals surface area (Å²) in [5, 5.41) is 105. The van der Waals surface area contributed by atoms with Gasteiger partial charge in [-0.15, -0.1) is 0 Å². The molecule has 6 aromatic carbocycles. The number of benzene rings is 6. The summed E-state index contributed by atoms with van der Waals surface area (Å²) in [6, 6.07) is 41.7. The SMILES string of the molecule is C/C=C\Cc1c(-c2ccc(O)cc2O)n[nH]c1C.Cc1[nH]nc(-c2ccc(O)cc2O)c1-c1ccccc1.Cc1[nH]nc(-c2ccc(O)cc2O)c1-c1ccccc1.Cc1cc(-c2cc(Cl)c(O)cc2O)n[nH]1.Cc1cccnc1. The molecule has 80 heavy (non-hydrogen) atoms. The zero-order valence-corrected chi connectivity index (χ0v) is 45.3. The van der Waals surface area contributed by atoms with Gasteiger partial charge in [0.15, 0.2) is 0 Å². The number of hydrogen-bond acceptors (Lipinski definition) is 13. The third-order valence-electron chi connectivity index (χ3n) is 12.2. The Bertz CT molecular complexity index is 3710. The fourth-order valence-corrected chi connectivity index (χ4v) is 8.41. The van der Waals surface area contributed by atoms with Crippen LogP contribution in [0.4, 0.5) is 0 Å². The molecular formula is C62H60ClN9O8. The fourth-order valence-electron chi connectivity index (χ4n) is 8.25. The maximum atomic E-state index is 10.0. The van der Waals surface area contributed by atoms with E-state index in [1.54, 1.807) is 36.5 Å². The number of rotatable bonds is 8. The van der Waals surface area contributed by atoms with E-state index in [0.717, 1.165) is 62.7 Å². The Kier molecular flexibility index (Phi) is 19.2. The van der Waals surface area contributed by atoms with Crippen molar-refractivity contribution in [1.29, 1.82) is 0 Å². The molecular weight excluding hydrogens is 1030 g/mol. The van der Waals surface area contributed by atoms with Crippen molar-refractivity contribution in [2.75, 3.05) is 0 Å². The summed E-state index contributed by atoms with van der Waals surface area (Å²) in [4.78, 5) is 3.88. The number of halogens is 1. The molecule has 408 valence electrons. The summed E-state index contributed by atoms with van der Waals surface area (Å²) in [5.41, 5.74) is 14.9. The number of pyridine rings is 1. The summed E-state index contributed by atoms with van der Waals surface area (Å²) in [6.45, 7) is 11.7. The number of phenols is 8. The van der Waals surface area contributed by atoms with Gasteiger partial charge in [-0.1, -0.05) is 90.5 Å². The number of phenolic OH excluding ortho intramolecular Hbond substituents is 8.